The highest BCUT2D eigenvalue weighted by Gasteiger charge is 2.17. The molecule has 3 N–H and O–H groups in total. The zero-order valence-electron chi connectivity index (χ0n) is 9.78. The zero-order valence-corrected chi connectivity index (χ0v) is 9.78. The van der Waals surface area contributed by atoms with Crippen LogP contribution in [0.1, 0.15) is 29.6 Å². The lowest BCUT2D eigenvalue weighted by molar-refractivity contribution is 0.0945. The van der Waals surface area contributed by atoms with Crippen molar-refractivity contribution in [2.24, 2.45) is 0 Å². The highest BCUT2D eigenvalue weighted by atomic mass is 16.3. The molecule has 0 saturated heterocycles. The van der Waals surface area contributed by atoms with Gasteiger partial charge < -0.3 is 15.7 Å². The van der Waals surface area contributed by atoms with E-state index in [4.69, 9.17) is 5.11 Å². The third kappa shape index (κ3) is 3.20. The Labute approximate surface area is 101 Å². The summed E-state index contributed by atoms with van der Waals surface area (Å²) in [6.45, 7) is 0.255. The van der Waals surface area contributed by atoms with Gasteiger partial charge in [0.1, 0.15) is 0 Å². The Kier molecular flexibility index (Phi) is 3.98. The highest BCUT2D eigenvalue weighted by Crippen LogP contribution is 2.23. The Morgan fingerprint density at radius 2 is 2.24 bits per heavy atom. The molecule has 2 rings (SSSR count). The summed E-state index contributed by atoms with van der Waals surface area (Å²) in [5, 5.41) is 14.7. The monoisotopic (exact) mass is 234 g/mol. The highest BCUT2D eigenvalue weighted by molar-refractivity contribution is 5.95. The summed E-state index contributed by atoms with van der Waals surface area (Å²) >= 11 is 0. The minimum atomic E-state index is -0.142. The summed E-state index contributed by atoms with van der Waals surface area (Å²) in [4.78, 5) is 11.7. The number of hydrogen-bond donors (Lipinski definition) is 3. The van der Waals surface area contributed by atoms with Crippen molar-refractivity contribution in [3.63, 3.8) is 0 Å². The van der Waals surface area contributed by atoms with Crippen molar-refractivity contribution < 1.29 is 9.90 Å². The molecule has 0 aliphatic heterocycles. The number of aliphatic hydroxyl groups excluding tert-OH is 1. The molecule has 4 nitrogen and oxygen atoms in total. The Morgan fingerprint density at radius 1 is 1.41 bits per heavy atom. The molecular formula is C13H18N2O2. The van der Waals surface area contributed by atoms with Crippen molar-refractivity contribution in [1.29, 1.82) is 0 Å². The molecular weight excluding hydrogens is 216 g/mol. The molecule has 4 heteroatoms. The van der Waals surface area contributed by atoms with Gasteiger partial charge in [-0.2, -0.15) is 0 Å². The molecule has 17 heavy (non-hydrogen) atoms. The van der Waals surface area contributed by atoms with E-state index in [1.807, 2.05) is 18.2 Å². The second-order valence-corrected chi connectivity index (χ2v) is 4.33. The summed E-state index contributed by atoms with van der Waals surface area (Å²) in [7, 11) is 0. The van der Waals surface area contributed by atoms with Crippen LogP contribution in [0, 0.1) is 0 Å². The van der Waals surface area contributed by atoms with Gasteiger partial charge in [-0.3, -0.25) is 4.79 Å². The molecule has 1 aromatic rings. The lowest BCUT2D eigenvalue weighted by atomic mass is 9.93. The first kappa shape index (κ1) is 11.9. The number of nitrogens with one attached hydrogen (secondary N) is 2. The molecule has 1 fully saturated rings. The molecule has 1 aliphatic carbocycles. The summed E-state index contributed by atoms with van der Waals surface area (Å²) < 4.78 is 0. The van der Waals surface area contributed by atoms with Crippen molar-refractivity contribution >= 4 is 11.6 Å². The number of aliphatic hydroxyl groups is 1. The summed E-state index contributed by atoms with van der Waals surface area (Å²) in [5.41, 5.74) is 1.62. The van der Waals surface area contributed by atoms with Gasteiger partial charge in [-0.05, 0) is 37.5 Å². The Hall–Kier alpha value is -1.55. The van der Waals surface area contributed by atoms with Gasteiger partial charge in [-0.15, -0.1) is 0 Å². The van der Waals surface area contributed by atoms with E-state index in [2.05, 4.69) is 10.6 Å². The van der Waals surface area contributed by atoms with Gasteiger partial charge in [0.2, 0.25) is 0 Å². The fourth-order valence-electron chi connectivity index (χ4n) is 1.81. The van der Waals surface area contributed by atoms with Crippen molar-refractivity contribution in [2.45, 2.75) is 25.3 Å². The van der Waals surface area contributed by atoms with Gasteiger partial charge in [0.05, 0.1) is 6.61 Å². The molecule has 1 saturated carbocycles. The average Bonchev–Trinajstić information content (AvgIpc) is 2.31. The minimum absolute atomic E-state index is 0.0360. The maximum Gasteiger partial charge on any atom is 0.251 e. The van der Waals surface area contributed by atoms with Crippen LogP contribution >= 0.6 is 0 Å². The van der Waals surface area contributed by atoms with Crippen LogP contribution < -0.4 is 10.6 Å². The van der Waals surface area contributed by atoms with Crippen LogP contribution in [0.3, 0.4) is 0 Å². The van der Waals surface area contributed by atoms with E-state index in [0.29, 0.717) is 18.2 Å². The first-order chi connectivity index (χ1) is 8.29. The van der Waals surface area contributed by atoms with E-state index in [1.54, 1.807) is 6.07 Å². The van der Waals surface area contributed by atoms with Gasteiger partial charge in [-0.1, -0.05) is 6.07 Å². The normalized spacial score (nSPS) is 15.1. The van der Waals surface area contributed by atoms with E-state index < -0.39 is 0 Å². The first-order valence-electron chi connectivity index (χ1n) is 6.05. The van der Waals surface area contributed by atoms with Crippen LogP contribution in [0.2, 0.25) is 0 Å². The van der Waals surface area contributed by atoms with E-state index in [9.17, 15) is 4.79 Å². The third-order valence-corrected chi connectivity index (χ3v) is 3.00. The number of anilines is 1. The molecule has 0 radical (unpaired) electrons. The number of rotatable bonds is 5. The smallest absolute Gasteiger partial charge is 0.251 e. The predicted molar refractivity (Wildman–Crippen MR) is 67.1 cm³/mol. The van der Waals surface area contributed by atoms with Gasteiger partial charge in [-0.25, -0.2) is 0 Å². The lowest BCUT2D eigenvalue weighted by Gasteiger charge is -2.27. The van der Waals surface area contributed by atoms with E-state index >= 15 is 0 Å². The van der Waals surface area contributed by atoms with Crippen LogP contribution in [-0.2, 0) is 0 Å². The molecule has 92 valence electrons. The van der Waals surface area contributed by atoms with E-state index in [0.717, 1.165) is 5.69 Å². The Morgan fingerprint density at radius 3 is 2.88 bits per heavy atom. The number of amides is 1. The maximum absolute atomic E-state index is 11.7. The quantitative estimate of drug-likeness (QED) is 0.721. The van der Waals surface area contributed by atoms with Gasteiger partial charge in [0, 0.05) is 23.8 Å². The third-order valence-electron chi connectivity index (χ3n) is 3.00. The minimum Gasteiger partial charge on any atom is -0.395 e. The molecule has 0 unspecified atom stereocenters. The number of carbonyl (C=O) groups excluding carboxylic acids is 1. The van der Waals surface area contributed by atoms with Gasteiger partial charge >= 0.3 is 0 Å². The van der Waals surface area contributed by atoms with Crippen LogP contribution in [0.5, 0.6) is 0 Å². The summed E-state index contributed by atoms with van der Waals surface area (Å²) in [6, 6.07) is 8.03. The second-order valence-electron chi connectivity index (χ2n) is 4.33. The molecule has 1 aromatic carbocycles. The Balaban J connectivity index is 1.97. The van der Waals surface area contributed by atoms with E-state index in [1.165, 1.54) is 19.3 Å². The molecule has 0 spiro atoms. The zero-order chi connectivity index (χ0) is 12.1. The van der Waals surface area contributed by atoms with Crippen molar-refractivity contribution in [3.8, 4) is 0 Å². The average molecular weight is 234 g/mol. The molecule has 0 bridgehead atoms. The molecule has 0 heterocycles. The molecule has 0 aromatic heterocycles. The largest absolute Gasteiger partial charge is 0.395 e. The topological polar surface area (TPSA) is 61.4 Å². The maximum atomic E-state index is 11.7. The summed E-state index contributed by atoms with van der Waals surface area (Å²) in [6.07, 6.45) is 3.70. The second kappa shape index (κ2) is 5.68. The van der Waals surface area contributed by atoms with Crippen LogP contribution in [0.15, 0.2) is 24.3 Å². The fourth-order valence-corrected chi connectivity index (χ4v) is 1.81. The summed E-state index contributed by atoms with van der Waals surface area (Å²) in [5.74, 6) is -0.142. The van der Waals surface area contributed by atoms with Gasteiger partial charge in [0.25, 0.3) is 5.91 Å². The van der Waals surface area contributed by atoms with E-state index in [-0.39, 0.29) is 12.5 Å². The number of carbonyl (C=O) groups is 1. The first-order valence-corrected chi connectivity index (χ1v) is 6.05. The van der Waals surface area contributed by atoms with Crippen molar-refractivity contribution in [1.82, 2.24) is 5.32 Å². The lowest BCUT2D eigenvalue weighted by Crippen LogP contribution is -2.28. The van der Waals surface area contributed by atoms with Crippen molar-refractivity contribution in [3.05, 3.63) is 29.8 Å². The van der Waals surface area contributed by atoms with Gasteiger partial charge in [0.15, 0.2) is 0 Å². The van der Waals surface area contributed by atoms with Crippen molar-refractivity contribution in [2.75, 3.05) is 18.5 Å². The Bertz CT molecular complexity index is 389. The SMILES string of the molecule is O=C(NCCO)c1cccc(NC2CCC2)c1. The van der Waals surface area contributed by atoms with Crippen LogP contribution in [0.25, 0.3) is 0 Å². The molecule has 1 amide bonds. The number of hydrogen-bond acceptors (Lipinski definition) is 3. The predicted octanol–water partition coefficient (Wildman–Crippen LogP) is 1.37. The fraction of sp³-hybridized carbons (Fsp3) is 0.462. The molecule has 0 atom stereocenters. The van der Waals surface area contributed by atoms with Crippen LogP contribution in [0.4, 0.5) is 5.69 Å². The number of benzene rings is 1. The molecule has 1 aliphatic rings. The standard InChI is InChI=1S/C13H18N2O2/c16-8-7-14-13(17)10-3-1-6-12(9-10)15-11-4-2-5-11/h1,3,6,9,11,15-16H,2,4-5,7-8H2,(H,14,17). The van der Waals surface area contributed by atoms with Crippen LogP contribution in [-0.4, -0.2) is 30.2 Å².